The van der Waals surface area contributed by atoms with E-state index in [1.807, 2.05) is 34.6 Å². The molecule has 86 valence electrons. The second-order valence-electron chi connectivity index (χ2n) is 4.12. The van der Waals surface area contributed by atoms with Crippen molar-refractivity contribution in [2.24, 2.45) is 10.9 Å². The van der Waals surface area contributed by atoms with E-state index in [-0.39, 0.29) is 11.8 Å². The molecular weight excluding hydrogens is 202 g/mol. The molecule has 0 saturated carbocycles. The molecule has 1 rings (SSSR count). The number of aliphatic imine (C=N–C) groups is 1. The molecular formula is C12H17N3O. The first-order chi connectivity index (χ1) is 7.41. The van der Waals surface area contributed by atoms with Crippen molar-refractivity contribution in [2.75, 3.05) is 0 Å². The molecule has 0 radical (unpaired) electrons. The Balaban J connectivity index is 2.98. The predicted molar refractivity (Wildman–Crippen MR) is 63.7 cm³/mol. The van der Waals surface area contributed by atoms with Gasteiger partial charge in [0.15, 0.2) is 0 Å². The summed E-state index contributed by atoms with van der Waals surface area (Å²) in [5, 5.41) is 0. The third-order valence-corrected chi connectivity index (χ3v) is 2.33. The van der Waals surface area contributed by atoms with Crippen LogP contribution in [0.2, 0.25) is 0 Å². The summed E-state index contributed by atoms with van der Waals surface area (Å²) in [6.45, 7) is 9.30. The SMILES string of the molecule is Cc1nc(C)c(C=NC(=O)C(C)C)nc1C. The summed E-state index contributed by atoms with van der Waals surface area (Å²) in [5.74, 6) is -0.226. The van der Waals surface area contributed by atoms with Crippen LogP contribution in [0.25, 0.3) is 0 Å². The average molecular weight is 219 g/mol. The molecule has 1 heterocycles. The van der Waals surface area contributed by atoms with Crippen LogP contribution >= 0.6 is 0 Å². The first-order valence-electron chi connectivity index (χ1n) is 5.31. The summed E-state index contributed by atoms with van der Waals surface area (Å²) < 4.78 is 0. The van der Waals surface area contributed by atoms with Gasteiger partial charge in [0, 0.05) is 5.92 Å². The molecule has 0 aliphatic carbocycles. The molecule has 0 unspecified atom stereocenters. The van der Waals surface area contributed by atoms with Crippen LogP contribution in [0.15, 0.2) is 4.99 Å². The highest BCUT2D eigenvalue weighted by Gasteiger charge is 2.06. The summed E-state index contributed by atoms with van der Waals surface area (Å²) in [4.78, 5) is 23.9. The van der Waals surface area contributed by atoms with Crippen molar-refractivity contribution in [1.82, 2.24) is 9.97 Å². The van der Waals surface area contributed by atoms with E-state index in [1.165, 1.54) is 6.21 Å². The van der Waals surface area contributed by atoms with Crippen molar-refractivity contribution in [3.05, 3.63) is 22.8 Å². The van der Waals surface area contributed by atoms with Crippen LogP contribution in [-0.2, 0) is 4.79 Å². The number of hydrogen-bond donors (Lipinski definition) is 0. The van der Waals surface area contributed by atoms with E-state index in [9.17, 15) is 4.79 Å². The van der Waals surface area contributed by atoms with Gasteiger partial charge >= 0.3 is 0 Å². The van der Waals surface area contributed by atoms with Crippen LogP contribution in [0.4, 0.5) is 0 Å². The molecule has 4 heteroatoms. The molecule has 1 amide bonds. The maximum Gasteiger partial charge on any atom is 0.248 e. The molecule has 0 aliphatic rings. The van der Waals surface area contributed by atoms with Gasteiger partial charge in [-0.05, 0) is 20.8 Å². The number of aromatic nitrogens is 2. The second-order valence-corrected chi connectivity index (χ2v) is 4.12. The van der Waals surface area contributed by atoms with Gasteiger partial charge in [0.05, 0.1) is 23.3 Å². The standard InChI is InChI=1S/C12H17N3O/c1-7(2)12(16)13-6-11-10(5)14-8(3)9(4)15-11/h6-7H,1-5H3. The van der Waals surface area contributed by atoms with E-state index in [0.717, 1.165) is 17.1 Å². The second kappa shape index (κ2) is 4.96. The summed E-state index contributed by atoms with van der Waals surface area (Å²) in [5.41, 5.74) is 3.23. The Hall–Kier alpha value is -1.58. The highest BCUT2D eigenvalue weighted by atomic mass is 16.1. The molecule has 4 nitrogen and oxygen atoms in total. The lowest BCUT2D eigenvalue weighted by atomic mass is 10.2. The lowest BCUT2D eigenvalue weighted by molar-refractivity contribution is -0.120. The van der Waals surface area contributed by atoms with Gasteiger partial charge in [-0.3, -0.25) is 9.78 Å². The molecule has 0 N–H and O–H groups in total. The van der Waals surface area contributed by atoms with Crippen LogP contribution < -0.4 is 0 Å². The summed E-state index contributed by atoms with van der Waals surface area (Å²) in [6, 6.07) is 0. The molecule has 0 bridgehead atoms. The van der Waals surface area contributed by atoms with Gasteiger partial charge in [-0.25, -0.2) is 9.98 Å². The van der Waals surface area contributed by atoms with Crippen LogP contribution in [0.1, 0.15) is 36.6 Å². The van der Waals surface area contributed by atoms with Gasteiger partial charge in [0.2, 0.25) is 5.91 Å². The van der Waals surface area contributed by atoms with Crippen LogP contribution in [0.5, 0.6) is 0 Å². The Morgan fingerprint density at radius 2 is 1.69 bits per heavy atom. The van der Waals surface area contributed by atoms with E-state index in [2.05, 4.69) is 15.0 Å². The van der Waals surface area contributed by atoms with Crippen molar-refractivity contribution in [1.29, 1.82) is 0 Å². The molecule has 1 aromatic heterocycles. The molecule has 16 heavy (non-hydrogen) atoms. The molecule has 0 fully saturated rings. The Bertz CT molecular complexity index is 436. The smallest absolute Gasteiger partial charge is 0.248 e. The Morgan fingerprint density at radius 1 is 1.12 bits per heavy atom. The van der Waals surface area contributed by atoms with E-state index in [1.54, 1.807) is 0 Å². The topological polar surface area (TPSA) is 55.2 Å². The number of nitrogens with zero attached hydrogens (tertiary/aromatic N) is 3. The number of hydrogen-bond acceptors (Lipinski definition) is 3. The summed E-state index contributed by atoms with van der Waals surface area (Å²) in [6.07, 6.45) is 1.50. The van der Waals surface area contributed by atoms with Crippen molar-refractivity contribution in [3.63, 3.8) is 0 Å². The number of carbonyl (C=O) groups excluding carboxylic acids is 1. The van der Waals surface area contributed by atoms with Crippen molar-refractivity contribution in [2.45, 2.75) is 34.6 Å². The van der Waals surface area contributed by atoms with Gasteiger partial charge in [0.25, 0.3) is 0 Å². The van der Waals surface area contributed by atoms with Crippen LogP contribution in [0.3, 0.4) is 0 Å². The number of amides is 1. The first kappa shape index (κ1) is 12.5. The third-order valence-electron chi connectivity index (χ3n) is 2.33. The van der Waals surface area contributed by atoms with Crippen molar-refractivity contribution < 1.29 is 4.79 Å². The van der Waals surface area contributed by atoms with Gasteiger partial charge < -0.3 is 0 Å². The first-order valence-corrected chi connectivity index (χ1v) is 5.31. The fraction of sp³-hybridized carbons (Fsp3) is 0.500. The Morgan fingerprint density at radius 3 is 2.25 bits per heavy atom. The summed E-state index contributed by atoms with van der Waals surface area (Å²) >= 11 is 0. The lowest BCUT2D eigenvalue weighted by Gasteiger charge is -2.03. The van der Waals surface area contributed by atoms with Gasteiger partial charge in [0.1, 0.15) is 5.69 Å². The van der Waals surface area contributed by atoms with Crippen molar-refractivity contribution >= 4 is 12.1 Å². The van der Waals surface area contributed by atoms with Gasteiger partial charge in [-0.1, -0.05) is 13.8 Å². The Kier molecular flexibility index (Phi) is 3.88. The van der Waals surface area contributed by atoms with E-state index in [0.29, 0.717) is 5.69 Å². The maximum atomic E-state index is 11.3. The minimum Gasteiger partial charge on any atom is -0.272 e. The van der Waals surface area contributed by atoms with Crippen LogP contribution in [0, 0.1) is 26.7 Å². The highest BCUT2D eigenvalue weighted by Crippen LogP contribution is 2.05. The predicted octanol–water partition coefficient (Wildman–Crippen LogP) is 2.00. The van der Waals surface area contributed by atoms with E-state index < -0.39 is 0 Å². The Labute approximate surface area is 95.8 Å². The molecule has 0 atom stereocenters. The zero-order chi connectivity index (χ0) is 12.3. The zero-order valence-corrected chi connectivity index (χ0v) is 10.4. The third kappa shape index (κ3) is 2.95. The minimum absolute atomic E-state index is 0.0870. The quantitative estimate of drug-likeness (QED) is 0.715. The van der Waals surface area contributed by atoms with Crippen molar-refractivity contribution in [3.8, 4) is 0 Å². The largest absolute Gasteiger partial charge is 0.272 e. The average Bonchev–Trinajstić information content (AvgIpc) is 2.20. The molecule has 0 saturated heterocycles. The molecule has 0 aliphatic heterocycles. The number of carbonyl (C=O) groups is 1. The molecule has 1 aromatic rings. The number of rotatable bonds is 2. The minimum atomic E-state index is -0.139. The highest BCUT2D eigenvalue weighted by molar-refractivity contribution is 5.92. The lowest BCUT2D eigenvalue weighted by Crippen LogP contribution is -2.06. The molecule has 0 spiro atoms. The normalized spacial score (nSPS) is 11.4. The van der Waals surface area contributed by atoms with Gasteiger partial charge in [-0.2, -0.15) is 0 Å². The monoisotopic (exact) mass is 219 g/mol. The van der Waals surface area contributed by atoms with E-state index >= 15 is 0 Å². The zero-order valence-electron chi connectivity index (χ0n) is 10.4. The van der Waals surface area contributed by atoms with E-state index in [4.69, 9.17) is 0 Å². The fourth-order valence-corrected chi connectivity index (χ4v) is 1.13. The fourth-order valence-electron chi connectivity index (χ4n) is 1.13. The molecule has 0 aromatic carbocycles. The maximum absolute atomic E-state index is 11.3. The number of aryl methyl sites for hydroxylation is 3. The van der Waals surface area contributed by atoms with Gasteiger partial charge in [-0.15, -0.1) is 0 Å². The summed E-state index contributed by atoms with van der Waals surface area (Å²) in [7, 11) is 0. The van der Waals surface area contributed by atoms with Crippen LogP contribution in [-0.4, -0.2) is 22.1 Å².